The maximum Gasteiger partial charge on any atom is 0.306 e. The van der Waals surface area contributed by atoms with Crippen molar-refractivity contribution in [1.82, 2.24) is 4.90 Å². The van der Waals surface area contributed by atoms with Gasteiger partial charge in [-0.25, -0.2) is 0 Å². The van der Waals surface area contributed by atoms with Crippen molar-refractivity contribution in [1.29, 1.82) is 0 Å². The first kappa shape index (κ1) is 61.0. The predicted molar refractivity (Wildman–Crippen MR) is 276 cm³/mol. The second-order valence-electron chi connectivity index (χ2n) is 21.0. The molecule has 0 saturated carbocycles. The number of ether oxygens (including phenoxy) is 3. The van der Waals surface area contributed by atoms with Crippen LogP contribution in [-0.4, -0.2) is 61.9 Å². The third-order valence-corrected chi connectivity index (χ3v) is 14.3. The van der Waals surface area contributed by atoms with Crippen LogP contribution in [-0.2, 0) is 23.8 Å². The van der Waals surface area contributed by atoms with Gasteiger partial charge in [0.05, 0.1) is 12.7 Å². The highest BCUT2D eigenvalue weighted by atomic mass is 16.7. The number of nitrogens with zero attached hydrogens (tertiary/aromatic N) is 1. The highest BCUT2D eigenvalue weighted by molar-refractivity contribution is 5.78. The van der Waals surface area contributed by atoms with Crippen molar-refractivity contribution in [2.45, 2.75) is 328 Å². The van der Waals surface area contributed by atoms with E-state index < -0.39 is 5.79 Å². The molecule has 380 valence electrons. The number of unbranched alkanes of at least 4 members (excludes halogenated alkanes) is 28. The average Bonchev–Trinajstić information content (AvgIpc) is 3.69. The number of hydrogen-bond donors (Lipinski definition) is 0. The van der Waals surface area contributed by atoms with E-state index in [4.69, 9.17) is 14.2 Å². The minimum atomic E-state index is -0.446. The van der Waals surface area contributed by atoms with E-state index in [1.54, 1.807) is 0 Å². The summed E-state index contributed by atoms with van der Waals surface area (Å²) in [5, 5.41) is 0. The van der Waals surface area contributed by atoms with Crippen LogP contribution >= 0.6 is 0 Å². The van der Waals surface area contributed by atoms with Gasteiger partial charge in [-0.1, -0.05) is 220 Å². The van der Waals surface area contributed by atoms with Crippen molar-refractivity contribution in [3.8, 4) is 0 Å². The quantitative estimate of drug-likeness (QED) is 0.0448. The Morgan fingerprint density at radius 1 is 0.516 bits per heavy atom. The Morgan fingerprint density at radius 3 is 1.36 bits per heavy atom. The summed E-state index contributed by atoms with van der Waals surface area (Å²) in [6.07, 6.45) is 52.6. The molecule has 1 heterocycles. The number of ketones is 1. The molecule has 1 aliphatic rings. The summed E-state index contributed by atoms with van der Waals surface area (Å²) in [6, 6.07) is 0. The number of Topliss-reactive ketones (excluding diaryl/α,β-unsaturated/α-hetero) is 1. The summed E-state index contributed by atoms with van der Waals surface area (Å²) in [4.78, 5) is 28.3. The van der Waals surface area contributed by atoms with Gasteiger partial charge in [0.1, 0.15) is 11.9 Å². The molecule has 6 heteroatoms. The second-order valence-corrected chi connectivity index (χ2v) is 21.0. The van der Waals surface area contributed by atoms with Crippen LogP contribution in [0, 0.1) is 5.92 Å². The van der Waals surface area contributed by atoms with Crippen LogP contribution < -0.4 is 0 Å². The number of carbonyl (C=O) groups excluding carboxylic acids is 2. The molecule has 1 fully saturated rings. The SMILES string of the molecule is CCCCCCCCC(CCCCCCCC)CC(=O)CCCCCCCC1(CCCCCCCC(=O)OC(CCCCCCCC)CCCCCCCC)OCC(CCN(C)C)O1. The summed E-state index contributed by atoms with van der Waals surface area (Å²) in [5.74, 6) is 0.701. The lowest BCUT2D eigenvalue weighted by molar-refractivity contribution is -0.180. The Bertz CT molecular complexity index is 921. The van der Waals surface area contributed by atoms with Gasteiger partial charge in [-0.15, -0.1) is 0 Å². The fourth-order valence-corrected chi connectivity index (χ4v) is 10.00. The molecule has 2 atom stereocenters. The van der Waals surface area contributed by atoms with Gasteiger partial charge >= 0.3 is 5.97 Å². The minimum Gasteiger partial charge on any atom is -0.462 e. The maximum atomic E-state index is 13.2. The van der Waals surface area contributed by atoms with Crippen molar-refractivity contribution in [3.05, 3.63) is 0 Å². The van der Waals surface area contributed by atoms with Crippen molar-refractivity contribution in [3.63, 3.8) is 0 Å². The number of hydrogen-bond acceptors (Lipinski definition) is 6. The third kappa shape index (κ3) is 37.1. The standard InChI is InChI=1S/C58H113NO5/c1-7-11-15-19-25-33-41-53(42-34-26-20-16-12-8-2)51-54(60)43-35-27-23-31-39-48-58(62-52-56(64-58)47-50-59(5)6)49-40-32-24-30-38-46-57(61)63-55(44-36-28-21-17-13-9-3)45-37-29-22-18-14-10-4/h53,55-56H,7-52H2,1-6H3. The third-order valence-electron chi connectivity index (χ3n) is 14.3. The van der Waals surface area contributed by atoms with Crippen LogP contribution in [0.1, 0.15) is 310 Å². The van der Waals surface area contributed by atoms with Gasteiger partial charge in [0, 0.05) is 38.6 Å². The zero-order valence-corrected chi connectivity index (χ0v) is 44.2. The van der Waals surface area contributed by atoms with E-state index in [0.717, 1.165) is 103 Å². The average molecular weight is 905 g/mol. The molecule has 0 spiro atoms. The normalized spacial score (nSPS) is 16.5. The van der Waals surface area contributed by atoms with Crippen LogP contribution in [0.25, 0.3) is 0 Å². The molecule has 1 saturated heterocycles. The van der Waals surface area contributed by atoms with E-state index in [2.05, 4.69) is 46.7 Å². The van der Waals surface area contributed by atoms with E-state index >= 15 is 0 Å². The van der Waals surface area contributed by atoms with Crippen molar-refractivity contribution >= 4 is 11.8 Å². The summed E-state index contributed by atoms with van der Waals surface area (Å²) in [7, 11) is 4.26. The highest BCUT2D eigenvalue weighted by Gasteiger charge is 2.40. The Morgan fingerprint density at radius 2 is 0.906 bits per heavy atom. The van der Waals surface area contributed by atoms with Gasteiger partial charge in [0.15, 0.2) is 5.79 Å². The van der Waals surface area contributed by atoms with E-state index in [0.29, 0.717) is 24.7 Å². The first-order chi connectivity index (χ1) is 31.3. The van der Waals surface area contributed by atoms with Crippen LogP contribution in [0.2, 0.25) is 0 Å². The molecule has 1 rings (SSSR count). The molecule has 0 aromatic rings. The van der Waals surface area contributed by atoms with Gasteiger partial charge in [-0.3, -0.25) is 9.59 Å². The predicted octanol–water partition coefficient (Wildman–Crippen LogP) is 18.0. The van der Waals surface area contributed by atoms with E-state index in [9.17, 15) is 9.59 Å². The van der Waals surface area contributed by atoms with Crippen LogP contribution in [0.4, 0.5) is 0 Å². The fourth-order valence-electron chi connectivity index (χ4n) is 10.00. The molecular formula is C58H113NO5. The van der Waals surface area contributed by atoms with Gasteiger partial charge in [0.2, 0.25) is 0 Å². The van der Waals surface area contributed by atoms with Crippen molar-refractivity contribution in [2.75, 3.05) is 27.2 Å². The lowest BCUT2D eigenvalue weighted by Gasteiger charge is -2.29. The molecule has 0 aromatic carbocycles. The van der Waals surface area contributed by atoms with Crippen LogP contribution in [0.3, 0.4) is 0 Å². The summed E-state index contributed by atoms with van der Waals surface area (Å²) in [5.41, 5.74) is 0. The Labute approximate surface area is 400 Å². The van der Waals surface area contributed by atoms with E-state index in [1.807, 2.05) is 0 Å². The molecule has 1 aliphatic heterocycles. The first-order valence-electron chi connectivity index (χ1n) is 28.9. The zero-order valence-electron chi connectivity index (χ0n) is 44.2. The highest BCUT2D eigenvalue weighted by Crippen LogP contribution is 2.36. The first-order valence-corrected chi connectivity index (χ1v) is 28.9. The molecule has 0 aliphatic carbocycles. The molecule has 0 amide bonds. The Kier molecular flexibility index (Phi) is 42.5. The smallest absolute Gasteiger partial charge is 0.306 e. The van der Waals surface area contributed by atoms with Crippen LogP contribution in [0.5, 0.6) is 0 Å². The monoisotopic (exact) mass is 904 g/mol. The Balaban J connectivity index is 2.44. The van der Waals surface area contributed by atoms with Crippen molar-refractivity contribution < 1.29 is 23.8 Å². The van der Waals surface area contributed by atoms with E-state index in [1.165, 1.54) is 180 Å². The largest absolute Gasteiger partial charge is 0.462 e. The molecule has 0 bridgehead atoms. The van der Waals surface area contributed by atoms with E-state index in [-0.39, 0.29) is 18.2 Å². The number of carbonyl (C=O) groups is 2. The van der Waals surface area contributed by atoms with Gasteiger partial charge in [-0.05, 0) is 77.8 Å². The van der Waals surface area contributed by atoms with Gasteiger partial charge in [0.25, 0.3) is 0 Å². The molecule has 64 heavy (non-hydrogen) atoms. The zero-order chi connectivity index (χ0) is 46.6. The van der Waals surface area contributed by atoms with Crippen LogP contribution in [0.15, 0.2) is 0 Å². The Hall–Kier alpha value is -0.980. The molecule has 0 aromatic heterocycles. The fraction of sp³-hybridized carbons (Fsp3) is 0.966. The minimum absolute atomic E-state index is 0.0234. The topological polar surface area (TPSA) is 65.1 Å². The molecular weight excluding hydrogens is 791 g/mol. The number of rotatable bonds is 50. The van der Waals surface area contributed by atoms with Crippen molar-refractivity contribution in [2.24, 2.45) is 5.92 Å². The lowest BCUT2D eigenvalue weighted by Crippen LogP contribution is -2.31. The maximum absolute atomic E-state index is 13.2. The summed E-state index contributed by atoms with van der Waals surface area (Å²) in [6.45, 7) is 10.8. The second kappa shape index (κ2) is 44.5. The lowest BCUT2D eigenvalue weighted by atomic mass is 9.89. The molecule has 0 radical (unpaired) electrons. The summed E-state index contributed by atoms with van der Waals surface area (Å²) >= 11 is 0. The molecule has 6 nitrogen and oxygen atoms in total. The molecule has 0 N–H and O–H groups in total. The van der Waals surface area contributed by atoms with Gasteiger partial charge in [-0.2, -0.15) is 0 Å². The van der Waals surface area contributed by atoms with Gasteiger partial charge < -0.3 is 19.1 Å². The summed E-state index contributed by atoms with van der Waals surface area (Å²) < 4.78 is 19.4. The molecule has 2 unspecified atom stereocenters. The number of esters is 1.